The predicted octanol–water partition coefficient (Wildman–Crippen LogP) is 3.46. The molecule has 0 spiro atoms. The molecular weight excluding hydrogens is 319 g/mol. The van der Waals surface area contributed by atoms with E-state index in [1.807, 2.05) is 18.2 Å². The van der Waals surface area contributed by atoms with E-state index < -0.39 is 0 Å². The number of piperidine rings is 1. The standard InChI is InChI=1S/C17H24Cl2N2O/c18-14-3-1-4-15(19)13(14)11-20-12-7-9-21(10-8-12)16-5-2-6-17(16)22/h1,3-4,12,16-17,20,22H,2,5-11H2. The lowest BCUT2D eigenvalue weighted by atomic mass is 10.0. The topological polar surface area (TPSA) is 35.5 Å². The Labute approximate surface area is 142 Å². The normalized spacial score (nSPS) is 27.4. The Morgan fingerprint density at radius 3 is 2.36 bits per heavy atom. The first kappa shape index (κ1) is 16.5. The van der Waals surface area contributed by atoms with Gasteiger partial charge in [-0.05, 0) is 44.2 Å². The fraction of sp³-hybridized carbons (Fsp3) is 0.647. The van der Waals surface area contributed by atoms with Crippen LogP contribution < -0.4 is 5.32 Å². The highest BCUT2D eigenvalue weighted by Gasteiger charge is 2.32. The van der Waals surface area contributed by atoms with E-state index in [4.69, 9.17) is 23.2 Å². The summed E-state index contributed by atoms with van der Waals surface area (Å²) in [5.74, 6) is 0. The molecule has 1 heterocycles. The van der Waals surface area contributed by atoms with Crippen LogP contribution in [0.25, 0.3) is 0 Å². The van der Waals surface area contributed by atoms with Crippen molar-refractivity contribution in [3.05, 3.63) is 33.8 Å². The number of hydrogen-bond acceptors (Lipinski definition) is 3. The Bertz CT molecular complexity index is 483. The van der Waals surface area contributed by atoms with Gasteiger partial charge in [-0.25, -0.2) is 0 Å². The van der Waals surface area contributed by atoms with E-state index in [0.29, 0.717) is 12.1 Å². The molecule has 3 rings (SSSR count). The number of nitrogens with one attached hydrogen (secondary N) is 1. The number of benzene rings is 1. The molecule has 2 aliphatic rings. The number of rotatable bonds is 4. The minimum atomic E-state index is -0.119. The van der Waals surface area contributed by atoms with Crippen LogP contribution in [0.3, 0.4) is 0 Å². The van der Waals surface area contributed by atoms with E-state index in [1.54, 1.807) is 0 Å². The van der Waals surface area contributed by atoms with Gasteiger partial charge in [0.25, 0.3) is 0 Å². The number of aliphatic hydroxyl groups is 1. The first-order valence-corrected chi connectivity index (χ1v) is 8.99. The first-order valence-electron chi connectivity index (χ1n) is 8.23. The van der Waals surface area contributed by atoms with Crippen molar-refractivity contribution in [3.63, 3.8) is 0 Å². The lowest BCUT2D eigenvalue weighted by Gasteiger charge is -2.37. The van der Waals surface area contributed by atoms with Crippen LogP contribution >= 0.6 is 23.2 Å². The SMILES string of the molecule is OC1CCCC1N1CCC(NCc2c(Cl)cccc2Cl)CC1. The number of aliphatic hydroxyl groups excluding tert-OH is 1. The maximum atomic E-state index is 10.0. The van der Waals surface area contributed by atoms with E-state index >= 15 is 0 Å². The molecule has 1 aromatic rings. The van der Waals surface area contributed by atoms with Gasteiger partial charge in [-0.15, -0.1) is 0 Å². The van der Waals surface area contributed by atoms with Crippen molar-refractivity contribution in [2.45, 2.75) is 56.8 Å². The smallest absolute Gasteiger partial charge is 0.0695 e. The molecule has 1 saturated heterocycles. The third kappa shape index (κ3) is 3.77. The van der Waals surface area contributed by atoms with Crippen molar-refractivity contribution in [2.75, 3.05) is 13.1 Å². The predicted molar refractivity (Wildman–Crippen MR) is 91.5 cm³/mol. The van der Waals surface area contributed by atoms with E-state index in [9.17, 15) is 5.11 Å². The van der Waals surface area contributed by atoms with Crippen molar-refractivity contribution in [3.8, 4) is 0 Å². The van der Waals surface area contributed by atoms with E-state index in [2.05, 4.69) is 10.2 Å². The van der Waals surface area contributed by atoms with Gasteiger partial charge >= 0.3 is 0 Å². The Hall–Kier alpha value is -0.320. The molecule has 2 N–H and O–H groups in total. The molecular formula is C17H24Cl2N2O. The average Bonchev–Trinajstić information content (AvgIpc) is 2.93. The maximum Gasteiger partial charge on any atom is 0.0695 e. The van der Waals surface area contributed by atoms with Crippen molar-refractivity contribution in [1.29, 1.82) is 0 Å². The highest BCUT2D eigenvalue weighted by molar-refractivity contribution is 6.35. The molecule has 1 saturated carbocycles. The molecule has 1 aliphatic heterocycles. The molecule has 2 atom stereocenters. The Morgan fingerprint density at radius 2 is 1.77 bits per heavy atom. The van der Waals surface area contributed by atoms with Gasteiger partial charge in [0.2, 0.25) is 0 Å². The van der Waals surface area contributed by atoms with Gasteiger partial charge < -0.3 is 10.4 Å². The molecule has 122 valence electrons. The average molecular weight is 343 g/mol. The fourth-order valence-electron chi connectivity index (χ4n) is 3.73. The van der Waals surface area contributed by atoms with Gasteiger partial charge in [0.05, 0.1) is 6.10 Å². The summed E-state index contributed by atoms with van der Waals surface area (Å²) < 4.78 is 0. The zero-order valence-electron chi connectivity index (χ0n) is 12.8. The molecule has 3 nitrogen and oxygen atoms in total. The largest absolute Gasteiger partial charge is 0.391 e. The molecule has 1 aliphatic carbocycles. The van der Waals surface area contributed by atoms with Crippen molar-refractivity contribution >= 4 is 23.2 Å². The second kappa shape index (κ2) is 7.50. The molecule has 0 amide bonds. The number of halogens is 2. The Kier molecular flexibility index (Phi) is 5.64. The quantitative estimate of drug-likeness (QED) is 0.879. The third-order valence-corrected chi connectivity index (χ3v) is 5.78. The van der Waals surface area contributed by atoms with Gasteiger partial charge in [0.15, 0.2) is 0 Å². The second-order valence-corrected chi connectivity index (χ2v) is 7.27. The van der Waals surface area contributed by atoms with E-state index in [0.717, 1.165) is 67.3 Å². The van der Waals surface area contributed by atoms with Crippen LogP contribution in [0.1, 0.15) is 37.7 Å². The molecule has 2 fully saturated rings. The third-order valence-electron chi connectivity index (χ3n) is 5.07. The summed E-state index contributed by atoms with van der Waals surface area (Å²) in [5.41, 5.74) is 0.986. The Balaban J connectivity index is 1.48. The monoisotopic (exact) mass is 342 g/mol. The number of likely N-dealkylation sites (tertiary alicyclic amines) is 1. The van der Waals surface area contributed by atoms with E-state index in [-0.39, 0.29) is 6.10 Å². The summed E-state index contributed by atoms with van der Waals surface area (Å²) in [7, 11) is 0. The highest BCUT2D eigenvalue weighted by Crippen LogP contribution is 2.27. The van der Waals surface area contributed by atoms with Crippen LogP contribution in [-0.2, 0) is 6.54 Å². The lowest BCUT2D eigenvalue weighted by molar-refractivity contribution is 0.0526. The minimum absolute atomic E-state index is 0.119. The number of nitrogens with zero attached hydrogens (tertiary/aromatic N) is 1. The number of hydrogen-bond donors (Lipinski definition) is 2. The second-order valence-electron chi connectivity index (χ2n) is 6.46. The van der Waals surface area contributed by atoms with Crippen LogP contribution in [0.5, 0.6) is 0 Å². The van der Waals surface area contributed by atoms with Crippen LogP contribution in [0, 0.1) is 0 Å². The maximum absolute atomic E-state index is 10.0. The molecule has 22 heavy (non-hydrogen) atoms. The van der Waals surface area contributed by atoms with E-state index in [1.165, 1.54) is 0 Å². The summed E-state index contributed by atoms with van der Waals surface area (Å²) in [6.45, 7) is 2.85. The molecule has 5 heteroatoms. The van der Waals surface area contributed by atoms with Crippen molar-refractivity contribution < 1.29 is 5.11 Å². The summed E-state index contributed by atoms with van der Waals surface area (Å²) >= 11 is 12.4. The van der Waals surface area contributed by atoms with Crippen LogP contribution in [0.2, 0.25) is 10.0 Å². The van der Waals surface area contributed by atoms with Gasteiger partial charge in [0, 0.05) is 47.3 Å². The molecule has 0 radical (unpaired) electrons. The zero-order chi connectivity index (χ0) is 15.5. The van der Waals surface area contributed by atoms with Gasteiger partial charge in [0.1, 0.15) is 0 Å². The molecule has 0 aromatic heterocycles. The lowest BCUT2D eigenvalue weighted by Crippen LogP contribution is -2.48. The summed E-state index contributed by atoms with van der Waals surface area (Å²) in [6.07, 6.45) is 5.39. The van der Waals surface area contributed by atoms with Crippen LogP contribution in [-0.4, -0.2) is 41.3 Å². The van der Waals surface area contributed by atoms with Crippen LogP contribution in [0.15, 0.2) is 18.2 Å². The fourth-order valence-corrected chi connectivity index (χ4v) is 4.26. The molecule has 1 aromatic carbocycles. The Morgan fingerprint density at radius 1 is 1.09 bits per heavy atom. The van der Waals surface area contributed by atoms with Crippen molar-refractivity contribution in [2.24, 2.45) is 0 Å². The highest BCUT2D eigenvalue weighted by atomic mass is 35.5. The summed E-state index contributed by atoms with van der Waals surface area (Å²) in [4.78, 5) is 2.47. The zero-order valence-corrected chi connectivity index (χ0v) is 14.3. The summed E-state index contributed by atoms with van der Waals surface area (Å²) in [5, 5.41) is 15.1. The molecule has 2 unspecified atom stereocenters. The first-order chi connectivity index (χ1) is 10.6. The van der Waals surface area contributed by atoms with Crippen molar-refractivity contribution in [1.82, 2.24) is 10.2 Å². The minimum Gasteiger partial charge on any atom is -0.391 e. The molecule has 0 bridgehead atoms. The van der Waals surface area contributed by atoms with Gasteiger partial charge in [-0.3, -0.25) is 4.90 Å². The van der Waals surface area contributed by atoms with Gasteiger partial charge in [-0.1, -0.05) is 29.3 Å². The summed E-state index contributed by atoms with van der Waals surface area (Å²) in [6, 6.07) is 6.53. The van der Waals surface area contributed by atoms with Crippen LogP contribution in [0.4, 0.5) is 0 Å². The van der Waals surface area contributed by atoms with Gasteiger partial charge in [-0.2, -0.15) is 0 Å².